The van der Waals surface area contributed by atoms with Gasteiger partial charge in [0.25, 0.3) is 0 Å². The second-order valence-corrected chi connectivity index (χ2v) is 5.34. The van der Waals surface area contributed by atoms with Gasteiger partial charge in [0.2, 0.25) is 5.91 Å². The Balaban J connectivity index is 2.36. The summed E-state index contributed by atoms with van der Waals surface area (Å²) in [6, 6.07) is 6.13. The number of halogens is 1. The van der Waals surface area contributed by atoms with Crippen LogP contribution in [0.1, 0.15) is 32.3 Å². The van der Waals surface area contributed by atoms with Gasteiger partial charge in [-0.3, -0.25) is 4.79 Å². The first-order chi connectivity index (χ1) is 9.01. The zero-order valence-electron chi connectivity index (χ0n) is 11.7. The highest BCUT2D eigenvalue weighted by Crippen LogP contribution is 2.14. The fourth-order valence-corrected chi connectivity index (χ4v) is 2.07. The van der Waals surface area contributed by atoms with Crippen LogP contribution in [0.3, 0.4) is 0 Å². The van der Waals surface area contributed by atoms with E-state index in [1.54, 1.807) is 12.1 Å². The van der Waals surface area contributed by atoms with Gasteiger partial charge in [-0.1, -0.05) is 26.0 Å². The molecule has 0 fully saturated rings. The summed E-state index contributed by atoms with van der Waals surface area (Å²) in [5.74, 6) is 0.502. The molecule has 0 heterocycles. The molecule has 4 heteroatoms. The molecule has 0 aliphatic rings. The Kier molecular flexibility index (Phi) is 6.50. The van der Waals surface area contributed by atoms with Crippen molar-refractivity contribution in [3.05, 3.63) is 35.6 Å². The number of nitrogens with one attached hydrogen (secondary N) is 1. The predicted molar refractivity (Wildman–Crippen MR) is 74.9 cm³/mol. The van der Waals surface area contributed by atoms with E-state index in [9.17, 15) is 9.18 Å². The fourth-order valence-electron chi connectivity index (χ4n) is 2.07. The summed E-state index contributed by atoms with van der Waals surface area (Å²) in [6.45, 7) is 5.21. The Morgan fingerprint density at radius 2 is 1.95 bits per heavy atom. The van der Waals surface area contributed by atoms with Crippen LogP contribution in [-0.2, 0) is 11.3 Å². The van der Waals surface area contributed by atoms with Crippen molar-refractivity contribution in [2.45, 2.75) is 33.2 Å². The van der Waals surface area contributed by atoms with Crippen LogP contribution in [0.25, 0.3) is 0 Å². The van der Waals surface area contributed by atoms with Crippen molar-refractivity contribution in [2.75, 3.05) is 6.54 Å². The lowest BCUT2D eigenvalue weighted by molar-refractivity contribution is -0.122. The van der Waals surface area contributed by atoms with Crippen molar-refractivity contribution < 1.29 is 9.18 Å². The zero-order chi connectivity index (χ0) is 14.3. The van der Waals surface area contributed by atoms with Gasteiger partial charge in [-0.25, -0.2) is 4.39 Å². The molecule has 3 nitrogen and oxygen atoms in total. The summed E-state index contributed by atoms with van der Waals surface area (Å²) in [6.07, 6.45) is 1.41. The van der Waals surface area contributed by atoms with E-state index in [4.69, 9.17) is 5.73 Å². The van der Waals surface area contributed by atoms with Crippen LogP contribution < -0.4 is 11.1 Å². The first-order valence-corrected chi connectivity index (χ1v) is 6.72. The minimum Gasteiger partial charge on any atom is -0.352 e. The Morgan fingerprint density at radius 3 is 2.47 bits per heavy atom. The number of carbonyl (C=O) groups excluding carboxylic acids is 1. The molecule has 0 radical (unpaired) electrons. The molecule has 1 atom stereocenters. The molecule has 1 aromatic carbocycles. The van der Waals surface area contributed by atoms with Crippen molar-refractivity contribution >= 4 is 5.91 Å². The Bertz CT molecular complexity index is 390. The average molecular weight is 266 g/mol. The normalized spacial score (nSPS) is 12.5. The zero-order valence-corrected chi connectivity index (χ0v) is 11.7. The molecule has 1 aromatic rings. The Morgan fingerprint density at radius 1 is 1.32 bits per heavy atom. The lowest BCUT2D eigenvalue weighted by Gasteiger charge is -2.16. The first kappa shape index (κ1) is 15.6. The molecule has 0 aromatic heterocycles. The predicted octanol–water partition coefficient (Wildman–Crippen LogP) is 2.45. The maximum absolute atomic E-state index is 12.7. The van der Waals surface area contributed by atoms with E-state index in [1.165, 1.54) is 12.1 Å². The minimum atomic E-state index is -0.268. The number of benzene rings is 1. The number of rotatable bonds is 7. The molecule has 0 saturated heterocycles. The highest BCUT2D eigenvalue weighted by Gasteiger charge is 2.13. The van der Waals surface area contributed by atoms with Gasteiger partial charge in [0.1, 0.15) is 5.82 Å². The monoisotopic (exact) mass is 266 g/mol. The minimum absolute atomic E-state index is 0.000394. The molecule has 0 saturated carbocycles. The van der Waals surface area contributed by atoms with Gasteiger partial charge in [0.05, 0.1) is 0 Å². The van der Waals surface area contributed by atoms with E-state index < -0.39 is 0 Å². The third kappa shape index (κ3) is 6.34. The second-order valence-electron chi connectivity index (χ2n) is 5.34. The van der Waals surface area contributed by atoms with Gasteiger partial charge in [-0.2, -0.15) is 0 Å². The molecule has 0 bridgehead atoms. The largest absolute Gasteiger partial charge is 0.352 e. The van der Waals surface area contributed by atoms with Crippen molar-refractivity contribution in [2.24, 2.45) is 17.6 Å². The van der Waals surface area contributed by atoms with E-state index in [0.29, 0.717) is 25.4 Å². The molecule has 3 N–H and O–H groups in total. The number of amides is 1. The van der Waals surface area contributed by atoms with E-state index in [-0.39, 0.29) is 17.6 Å². The topological polar surface area (TPSA) is 55.1 Å². The van der Waals surface area contributed by atoms with Gasteiger partial charge < -0.3 is 11.1 Å². The van der Waals surface area contributed by atoms with Crippen LogP contribution in [0.5, 0.6) is 0 Å². The van der Waals surface area contributed by atoms with Crippen molar-refractivity contribution in [3.63, 3.8) is 0 Å². The summed E-state index contributed by atoms with van der Waals surface area (Å²) < 4.78 is 12.7. The maximum atomic E-state index is 12.7. The maximum Gasteiger partial charge on any atom is 0.220 e. The lowest BCUT2D eigenvalue weighted by atomic mass is 9.94. The van der Waals surface area contributed by atoms with Crippen molar-refractivity contribution in [1.29, 1.82) is 0 Å². The van der Waals surface area contributed by atoms with Crippen molar-refractivity contribution in [3.8, 4) is 0 Å². The molecule has 1 unspecified atom stereocenters. The third-order valence-electron chi connectivity index (χ3n) is 3.02. The molecular weight excluding hydrogens is 243 g/mol. The fraction of sp³-hybridized carbons (Fsp3) is 0.533. The Labute approximate surface area is 114 Å². The molecule has 106 valence electrons. The Hall–Kier alpha value is -1.42. The summed E-state index contributed by atoms with van der Waals surface area (Å²) >= 11 is 0. The average Bonchev–Trinajstić information content (AvgIpc) is 2.36. The molecule has 0 aliphatic carbocycles. The molecule has 1 amide bonds. The van der Waals surface area contributed by atoms with Gasteiger partial charge in [-0.15, -0.1) is 0 Å². The van der Waals surface area contributed by atoms with Gasteiger partial charge >= 0.3 is 0 Å². The summed E-state index contributed by atoms with van der Waals surface area (Å²) in [7, 11) is 0. The molecular formula is C15H23FN2O. The van der Waals surface area contributed by atoms with Crippen LogP contribution in [0.15, 0.2) is 24.3 Å². The SMILES string of the molecule is CC(C)CC(CN)CC(=O)NCc1ccc(F)cc1. The van der Waals surface area contributed by atoms with Gasteiger partial charge in [0.15, 0.2) is 0 Å². The molecule has 0 aliphatic heterocycles. The number of nitrogens with two attached hydrogens (primary N) is 1. The van der Waals surface area contributed by atoms with Crippen LogP contribution in [0, 0.1) is 17.7 Å². The summed E-state index contributed by atoms with van der Waals surface area (Å²) in [5.41, 5.74) is 6.56. The highest BCUT2D eigenvalue weighted by molar-refractivity contribution is 5.76. The van der Waals surface area contributed by atoms with Gasteiger partial charge in [-0.05, 0) is 42.5 Å². The van der Waals surface area contributed by atoms with E-state index >= 15 is 0 Å². The lowest BCUT2D eigenvalue weighted by Crippen LogP contribution is -2.28. The molecule has 0 spiro atoms. The van der Waals surface area contributed by atoms with Crippen LogP contribution in [0.2, 0.25) is 0 Å². The first-order valence-electron chi connectivity index (χ1n) is 6.72. The quantitative estimate of drug-likeness (QED) is 0.796. The standard InChI is InChI=1S/C15H23FN2O/c1-11(2)7-13(9-17)8-15(19)18-10-12-3-5-14(16)6-4-12/h3-6,11,13H,7-10,17H2,1-2H3,(H,18,19). The number of carbonyl (C=O) groups is 1. The highest BCUT2D eigenvalue weighted by atomic mass is 19.1. The van der Waals surface area contributed by atoms with Crippen LogP contribution in [-0.4, -0.2) is 12.5 Å². The molecule has 1 rings (SSSR count). The van der Waals surface area contributed by atoms with E-state index in [0.717, 1.165) is 12.0 Å². The number of hydrogen-bond donors (Lipinski definition) is 2. The second kappa shape index (κ2) is 7.89. The molecule has 19 heavy (non-hydrogen) atoms. The van der Waals surface area contributed by atoms with Crippen LogP contribution in [0.4, 0.5) is 4.39 Å². The van der Waals surface area contributed by atoms with E-state index in [1.807, 2.05) is 0 Å². The van der Waals surface area contributed by atoms with Crippen LogP contribution >= 0.6 is 0 Å². The van der Waals surface area contributed by atoms with Crippen molar-refractivity contribution in [1.82, 2.24) is 5.32 Å². The summed E-state index contributed by atoms with van der Waals surface area (Å²) in [4.78, 5) is 11.8. The number of hydrogen-bond acceptors (Lipinski definition) is 2. The smallest absolute Gasteiger partial charge is 0.220 e. The third-order valence-corrected chi connectivity index (χ3v) is 3.02. The van der Waals surface area contributed by atoms with E-state index in [2.05, 4.69) is 19.2 Å². The van der Waals surface area contributed by atoms with Gasteiger partial charge in [0, 0.05) is 13.0 Å². The summed E-state index contributed by atoms with van der Waals surface area (Å²) in [5, 5.41) is 2.84.